The molecule has 7 nitrogen and oxygen atoms in total. The molecule has 1 amide bonds. The molecular formula is C19H20N6O. The fourth-order valence-corrected chi connectivity index (χ4v) is 2.74. The minimum atomic E-state index is -0.319. The third-order valence-electron chi connectivity index (χ3n) is 3.89. The number of rotatable bonds is 5. The van der Waals surface area contributed by atoms with Gasteiger partial charge in [0.2, 0.25) is 5.82 Å². The molecule has 1 heterocycles. The average molecular weight is 348 g/mol. The maximum absolute atomic E-state index is 12.0. The monoisotopic (exact) mass is 348 g/mol. The minimum Gasteiger partial charge on any atom is -0.271 e. The van der Waals surface area contributed by atoms with Crippen LogP contribution in [-0.4, -0.2) is 32.3 Å². The van der Waals surface area contributed by atoms with Crippen LogP contribution in [0.25, 0.3) is 11.4 Å². The van der Waals surface area contributed by atoms with Crippen LogP contribution in [0, 0.1) is 20.8 Å². The SMILES string of the molecule is Cc1cc(C)c(/C=N/NC(=O)Cn2nnc(-c3ccccc3)n2)c(C)c1. The van der Waals surface area contributed by atoms with Crippen molar-refractivity contribution in [1.82, 2.24) is 25.6 Å². The normalized spacial score (nSPS) is 11.0. The summed E-state index contributed by atoms with van der Waals surface area (Å²) in [6, 6.07) is 13.6. The van der Waals surface area contributed by atoms with Crippen LogP contribution >= 0.6 is 0 Å². The predicted octanol–water partition coefficient (Wildman–Crippen LogP) is 2.42. The van der Waals surface area contributed by atoms with E-state index in [0.29, 0.717) is 5.82 Å². The molecule has 26 heavy (non-hydrogen) atoms. The highest BCUT2D eigenvalue weighted by atomic mass is 16.2. The van der Waals surface area contributed by atoms with Gasteiger partial charge in [0.15, 0.2) is 0 Å². The molecule has 3 rings (SSSR count). The number of benzene rings is 2. The lowest BCUT2D eigenvalue weighted by Crippen LogP contribution is -2.24. The highest BCUT2D eigenvalue weighted by molar-refractivity contribution is 5.85. The molecule has 0 atom stereocenters. The molecule has 1 aromatic heterocycles. The Balaban J connectivity index is 1.61. The van der Waals surface area contributed by atoms with E-state index in [1.54, 1.807) is 6.21 Å². The molecule has 0 unspecified atom stereocenters. The van der Waals surface area contributed by atoms with Crippen molar-refractivity contribution in [3.05, 3.63) is 64.7 Å². The molecule has 0 bridgehead atoms. The second kappa shape index (κ2) is 7.69. The number of nitrogens with one attached hydrogen (secondary N) is 1. The van der Waals surface area contributed by atoms with Crippen LogP contribution < -0.4 is 5.43 Å². The Morgan fingerprint density at radius 1 is 1.15 bits per heavy atom. The van der Waals surface area contributed by atoms with Crippen LogP contribution in [0.1, 0.15) is 22.3 Å². The molecule has 3 aromatic rings. The third kappa shape index (κ3) is 4.18. The van der Waals surface area contributed by atoms with Gasteiger partial charge in [-0.2, -0.15) is 9.90 Å². The molecule has 7 heteroatoms. The molecule has 0 aliphatic carbocycles. The highest BCUT2D eigenvalue weighted by Crippen LogP contribution is 2.14. The topological polar surface area (TPSA) is 85.1 Å². The van der Waals surface area contributed by atoms with Crippen LogP contribution in [0.15, 0.2) is 47.6 Å². The van der Waals surface area contributed by atoms with E-state index in [-0.39, 0.29) is 12.5 Å². The smallest absolute Gasteiger partial charge is 0.263 e. The zero-order chi connectivity index (χ0) is 18.5. The fraction of sp³-hybridized carbons (Fsp3) is 0.211. The Labute approximate surface area is 151 Å². The first kappa shape index (κ1) is 17.5. The molecule has 0 spiro atoms. The van der Waals surface area contributed by atoms with E-state index in [1.807, 2.05) is 44.2 Å². The lowest BCUT2D eigenvalue weighted by Gasteiger charge is -2.06. The first-order chi connectivity index (χ1) is 12.5. The maximum atomic E-state index is 12.0. The number of nitrogens with zero attached hydrogens (tertiary/aromatic N) is 5. The van der Waals surface area contributed by atoms with Crippen LogP contribution in [0.3, 0.4) is 0 Å². The Bertz CT molecular complexity index is 923. The number of carbonyl (C=O) groups is 1. The summed E-state index contributed by atoms with van der Waals surface area (Å²) in [5.41, 5.74) is 7.78. The van der Waals surface area contributed by atoms with Gasteiger partial charge in [0, 0.05) is 11.1 Å². The maximum Gasteiger partial charge on any atom is 0.263 e. The summed E-state index contributed by atoms with van der Waals surface area (Å²) in [6.07, 6.45) is 1.66. The van der Waals surface area contributed by atoms with Crippen LogP contribution in [0.5, 0.6) is 0 Å². The van der Waals surface area contributed by atoms with Crippen LogP contribution in [0.2, 0.25) is 0 Å². The first-order valence-corrected chi connectivity index (χ1v) is 8.26. The van der Waals surface area contributed by atoms with E-state index < -0.39 is 0 Å². The molecule has 0 saturated heterocycles. The summed E-state index contributed by atoms with van der Waals surface area (Å²) in [5.74, 6) is 0.161. The van der Waals surface area contributed by atoms with Crippen molar-refractivity contribution in [1.29, 1.82) is 0 Å². The highest BCUT2D eigenvalue weighted by Gasteiger charge is 2.08. The number of hydrogen-bond acceptors (Lipinski definition) is 5. The van der Waals surface area contributed by atoms with Gasteiger partial charge >= 0.3 is 0 Å². The van der Waals surface area contributed by atoms with Crippen molar-refractivity contribution < 1.29 is 4.79 Å². The van der Waals surface area contributed by atoms with Gasteiger partial charge in [-0.15, -0.1) is 10.2 Å². The molecule has 0 radical (unpaired) electrons. The molecule has 0 aliphatic heterocycles. The first-order valence-electron chi connectivity index (χ1n) is 8.26. The third-order valence-corrected chi connectivity index (χ3v) is 3.89. The Morgan fingerprint density at radius 2 is 1.85 bits per heavy atom. The summed E-state index contributed by atoms with van der Waals surface area (Å²) in [6.45, 7) is 6.04. The molecule has 0 aliphatic rings. The van der Waals surface area contributed by atoms with Crippen LogP contribution in [0.4, 0.5) is 0 Å². The minimum absolute atomic E-state index is 0.0525. The second-order valence-electron chi connectivity index (χ2n) is 6.12. The molecular weight excluding hydrogens is 328 g/mol. The standard InChI is InChI=1S/C19H20N6O/c1-13-9-14(2)17(15(3)10-13)11-20-21-18(26)12-25-23-19(22-24-25)16-7-5-4-6-8-16/h4-11H,12H2,1-3H3,(H,21,26)/b20-11+. The van der Waals surface area contributed by atoms with Gasteiger partial charge in [0.05, 0.1) is 6.21 Å². The van der Waals surface area contributed by atoms with Gasteiger partial charge < -0.3 is 0 Å². The van der Waals surface area contributed by atoms with Gasteiger partial charge in [-0.05, 0) is 37.1 Å². The lowest BCUT2D eigenvalue weighted by atomic mass is 10.0. The second-order valence-corrected chi connectivity index (χ2v) is 6.12. The summed E-state index contributed by atoms with van der Waals surface area (Å²) in [5, 5.41) is 16.1. The number of carbonyl (C=O) groups excluding carboxylic acids is 1. The van der Waals surface area contributed by atoms with Crippen LogP contribution in [-0.2, 0) is 11.3 Å². The number of hydrazone groups is 1. The van der Waals surface area contributed by atoms with Gasteiger partial charge in [-0.25, -0.2) is 5.43 Å². The number of tetrazole rings is 1. The van der Waals surface area contributed by atoms with Crippen molar-refractivity contribution in [2.75, 3.05) is 0 Å². The van der Waals surface area contributed by atoms with Crippen molar-refractivity contribution in [3.63, 3.8) is 0 Å². The van der Waals surface area contributed by atoms with Crippen molar-refractivity contribution in [2.24, 2.45) is 5.10 Å². The van der Waals surface area contributed by atoms with E-state index in [1.165, 1.54) is 10.4 Å². The van der Waals surface area contributed by atoms with Gasteiger partial charge in [-0.1, -0.05) is 48.0 Å². The van der Waals surface area contributed by atoms with Crippen molar-refractivity contribution in [2.45, 2.75) is 27.3 Å². The largest absolute Gasteiger partial charge is 0.271 e. The number of hydrogen-bond donors (Lipinski definition) is 1. The fourth-order valence-electron chi connectivity index (χ4n) is 2.74. The average Bonchev–Trinajstić information content (AvgIpc) is 3.06. The zero-order valence-electron chi connectivity index (χ0n) is 15.0. The molecule has 132 valence electrons. The molecule has 0 saturated carbocycles. The van der Waals surface area contributed by atoms with E-state index in [0.717, 1.165) is 22.3 Å². The molecule has 0 fully saturated rings. The van der Waals surface area contributed by atoms with Crippen molar-refractivity contribution >= 4 is 12.1 Å². The summed E-state index contributed by atoms with van der Waals surface area (Å²) >= 11 is 0. The Kier molecular flexibility index (Phi) is 5.17. The summed E-state index contributed by atoms with van der Waals surface area (Å²) < 4.78 is 0. The van der Waals surface area contributed by atoms with E-state index in [9.17, 15) is 4.79 Å². The summed E-state index contributed by atoms with van der Waals surface area (Å²) in [7, 11) is 0. The number of aromatic nitrogens is 4. The van der Waals surface area contributed by atoms with E-state index in [2.05, 4.69) is 45.0 Å². The van der Waals surface area contributed by atoms with E-state index >= 15 is 0 Å². The zero-order valence-corrected chi connectivity index (χ0v) is 15.0. The number of aryl methyl sites for hydroxylation is 3. The van der Waals surface area contributed by atoms with Gasteiger partial charge in [0.1, 0.15) is 6.54 Å². The quantitative estimate of drug-likeness (QED) is 0.567. The molecule has 1 N–H and O–H groups in total. The summed E-state index contributed by atoms with van der Waals surface area (Å²) in [4.78, 5) is 13.3. The lowest BCUT2D eigenvalue weighted by molar-refractivity contribution is -0.122. The van der Waals surface area contributed by atoms with Gasteiger partial charge in [-0.3, -0.25) is 4.79 Å². The van der Waals surface area contributed by atoms with E-state index in [4.69, 9.17) is 0 Å². The van der Waals surface area contributed by atoms with Gasteiger partial charge in [0.25, 0.3) is 5.91 Å². The molecule has 2 aromatic carbocycles. The number of amides is 1. The Morgan fingerprint density at radius 3 is 2.54 bits per heavy atom. The van der Waals surface area contributed by atoms with Crippen molar-refractivity contribution in [3.8, 4) is 11.4 Å². The Hall–Kier alpha value is -3.35. The predicted molar refractivity (Wildman–Crippen MR) is 99.6 cm³/mol.